The van der Waals surface area contributed by atoms with Crippen LogP contribution in [-0.2, 0) is 19.4 Å². The quantitative estimate of drug-likeness (QED) is 0.822. The molecule has 0 aliphatic heterocycles. The molecule has 1 aromatic rings. The van der Waals surface area contributed by atoms with Crippen LogP contribution in [0, 0.1) is 6.92 Å². The van der Waals surface area contributed by atoms with Gasteiger partial charge in [-0.3, -0.25) is 9.59 Å². The van der Waals surface area contributed by atoms with Gasteiger partial charge in [0.1, 0.15) is 5.75 Å². The van der Waals surface area contributed by atoms with Crippen LogP contribution in [0.4, 0.5) is 0 Å². The first-order chi connectivity index (χ1) is 10.4. The number of aliphatic carboxylic acids is 1. The summed E-state index contributed by atoms with van der Waals surface area (Å²) < 4.78 is 23.1. The maximum Gasteiger partial charge on any atom is 0.305 e. The molecule has 0 heterocycles. The molecule has 1 amide bonds. The lowest BCUT2D eigenvalue weighted by atomic mass is 9.99. The summed E-state index contributed by atoms with van der Waals surface area (Å²) in [4.78, 5) is 23.1. The van der Waals surface area contributed by atoms with E-state index in [0.717, 1.165) is 5.56 Å². The van der Waals surface area contributed by atoms with Crippen molar-refractivity contribution in [2.24, 2.45) is 0 Å². The van der Waals surface area contributed by atoms with Gasteiger partial charge in [-0.15, -0.1) is 0 Å². The summed E-state index contributed by atoms with van der Waals surface area (Å²) in [7, 11) is -3.62. The first-order valence-electron chi connectivity index (χ1n) is 7.23. The van der Waals surface area contributed by atoms with Gasteiger partial charge in [-0.05, 0) is 38.8 Å². The van der Waals surface area contributed by atoms with Crippen molar-refractivity contribution in [2.75, 3.05) is 5.75 Å². The van der Waals surface area contributed by atoms with Crippen molar-refractivity contribution in [2.45, 2.75) is 44.9 Å². The molecule has 1 rings (SSSR count). The monoisotopic (exact) mass is 341 g/mol. The minimum atomic E-state index is -3.62. The number of amides is 1. The van der Waals surface area contributed by atoms with Gasteiger partial charge in [-0.1, -0.05) is 24.3 Å². The fraction of sp³-hybridized carbons (Fsp3) is 0.500. The van der Waals surface area contributed by atoms with Gasteiger partial charge >= 0.3 is 5.97 Å². The number of carboxylic acid groups (broad SMARTS) is 1. The summed E-state index contributed by atoms with van der Waals surface area (Å²) in [5.41, 5.74) is 1.49. The molecule has 0 aromatic heterocycles. The van der Waals surface area contributed by atoms with Gasteiger partial charge in [-0.25, -0.2) is 8.42 Å². The summed E-state index contributed by atoms with van der Waals surface area (Å²) in [6.07, 6.45) is -0.313. The Morgan fingerprint density at radius 2 is 1.78 bits per heavy atom. The second kappa shape index (κ2) is 7.12. The molecule has 0 saturated heterocycles. The minimum absolute atomic E-state index is 0.313. The average Bonchev–Trinajstić information content (AvgIpc) is 2.35. The van der Waals surface area contributed by atoms with E-state index in [9.17, 15) is 18.0 Å². The first kappa shape index (κ1) is 19.2. The van der Waals surface area contributed by atoms with Crippen LogP contribution in [0.1, 0.15) is 44.4 Å². The number of carboxylic acids is 1. The number of rotatable bonds is 6. The van der Waals surface area contributed by atoms with E-state index < -0.39 is 38.3 Å². The number of aryl methyl sites for hydroxylation is 1. The molecule has 0 aliphatic carbocycles. The lowest BCUT2D eigenvalue weighted by Crippen LogP contribution is -2.40. The molecule has 0 aliphatic rings. The number of hydrogen-bond donors (Lipinski definition) is 2. The highest BCUT2D eigenvalue weighted by Gasteiger charge is 2.32. The largest absolute Gasteiger partial charge is 0.481 e. The third-order valence-corrected chi connectivity index (χ3v) is 6.04. The Balaban J connectivity index is 2.97. The van der Waals surface area contributed by atoms with E-state index in [2.05, 4.69) is 5.32 Å². The molecule has 0 saturated carbocycles. The van der Waals surface area contributed by atoms with E-state index >= 15 is 0 Å². The zero-order valence-corrected chi connectivity index (χ0v) is 14.6. The minimum Gasteiger partial charge on any atom is -0.481 e. The van der Waals surface area contributed by atoms with Crippen LogP contribution in [0.25, 0.3) is 0 Å². The van der Waals surface area contributed by atoms with Crippen LogP contribution < -0.4 is 5.32 Å². The summed E-state index contributed by atoms with van der Waals surface area (Å²) >= 11 is 0. The van der Waals surface area contributed by atoms with Gasteiger partial charge in [0.15, 0.2) is 9.84 Å². The van der Waals surface area contributed by atoms with Crippen molar-refractivity contribution < 1.29 is 23.1 Å². The van der Waals surface area contributed by atoms with E-state index in [1.807, 2.05) is 19.1 Å². The number of carbonyl (C=O) groups is 2. The van der Waals surface area contributed by atoms with Gasteiger partial charge in [0.2, 0.25) is 5.91 Å². The number of benzene rings is 1. The molecule has 1 unspecified atom stereocenters. The average molecular weight is 341 g/mol. The highest BCUT2D eigenvalue weighted by Crippen LogP contribution is 2.21. The van der Waals surface area contributed by atoms with E-state index in [0.29, 0.717) is 5.56 Å². The molecule has 23 heavy (non-hydrogen) atoms. The summed E-state index contributed by atoms with van der Waals surface area (Å²) in [5, 5.41) is 11.6. The van der Waals surface area contributed by atoms with Crippen LogP contribution in [0.5, 0.6) is 0 Å². The third-order valence-electron chi connectivity index (χ3n) is 3.53. The van der Waals surface area contributed by atoms with Gasteiger partial charge in [0.25, 0.3) is 0 Å². The first-order valence-corrected chi connectivity index (χ1v) is 8.88. The van der Waals surface area contributed by atoms with Gasteiger partial charge < -0.3 is 10.4 Å². The van der Waals surface area contributed by atoms with Crippen LogP contribution in [-0.4, -0.2) is 35.9 Å². The topological polar surface area (TPSA) is 101 Å². The van der Waals surface area contributed by atoms with Crippen LogP contribution in [0.3, 0.4) is 0 Å². The smallest absolute Gasteiger partial charge is 0.305 e. The summed E-state index contributed by atoms with van der Waals surface area (Å²) in [5.74, 6) is -2.44. The standard InChI is InChI=1S/C16H23NO5S/c1-11-7-5-6-8-12(11)13(9-15(19)20)17-14(18)10-23(21,22)16(2,3)4/h5-8,13H,9-10H2,1-4H3,(H,17,18)(H,19,20). The zero-order valence-electron chi connectivity index (χ0n) is 13.8. The zero-order chi connectivity index (χ0) is 17.8. The van der Waals surface area contributed by atoms with Crippen molar-refractivity contribution in [3.05, 3.63) is 35.4 Å². The molecule has 0 spiro atoms. The van der Waals surface area contributed by atoms with Gasteiger partial charge in [-0.2, -0.15) is 0 Å². The Labute approximate surface area is 136 Å². The fourth-order valence-corrected chi connectivity index (χ4v) is 2.88. The van der Waals surface area contributed by atoms with Crippen molar-refractivity contribution >= 4 is 21.7 Å². The van der Waals surface area contributed by atoms with Crippen molar-refractivity contribution in [1.29, 1.82) is 0 Å². The van der Waals surface area contributed by atoms with Gasteiger partial charge in [0, 0.05) is 0 Å². The van der Waals surface area contributed by atoms with E-state index in [1.54, 1.807) is 12.1 Å². The van der Waals surface area contributed by atoms with Crippen molar-refractivity contribution in [3.8, 4) is 0 Å². The molecule has 0 radical (unpaired) electrons. The van der Waals surface area contributed by atoms with Gasteiger partial charge in [0.05, 0.1) is 17.2 Å². The molecule has 7 heteroatoms. The SMILES string of the molecule is Cc1ccccc1C(CC(=O)O)NC(=O)CS(=O)(=O)C(C)(C)C. The van der Waals surface area contributed by atoms with Crippen molar-refractivity contribution in [3.63, 3.8) is 0 Å². The van der Waals surface area contributed by atoms with Crippen LogP contribution in [0.15, 0.2) is 24.3 Å². The molecule has 6 nitrogen and oxygen atoms in total. The second-order valence-electron chi connectivity index (χ2n) is 6.45. The lowest BCUT2D eigenvalue weighted by Gasteiger charge is -2.22. The third kappa shape index (κ3) is 5.35. The Hall–Kier alpha value is -1.89. The lowest BCUT2D eigenvalue weighted by molar-refractivity contribution is -0.137. The Kier molecular flexibility index (Phi) is 5.93. The second-order valence-corrected chi connectivity index (χ2v) is 9.19. The predicted octanol–water partition coefficient (Wildman–Crippen LogP) is 1.84. The normalized spacial score (nSPS) is 13.4. The molecular weight excluding hydrogens is 318 g/mol. The number of nitrogens with one attached hydrogen (secondary N) is 1. The maximum absolute atomic E-state index is 12.1. The van der Waals surface area contributed by atoms with E-state index in [-0.39, 0.29) is 6.42 Å². The maximum atomic E-state index is 12.1. The molecular formula is C16H23NO5S. The Bertz CT molecular complexity index is 689. The number of sulfone groups is 1. The molecule has 1 atom stereocenters. The molecule has 1 aromatic carbocycles. The Morgan fingerprint density at radius 3 is 2.26 bits per heavy atom. The molecule has 2 N–H and O–H groups in total. The predicted molar refractivity (Wildman–Crippen MR) is 87.9 cm³/mol. The van der Waals surface area contributed by atoms with Crippen LogP contribution >= 0.6 is 0 Å². The van der Waals surface area contributed by atoms with E-state index in [1.165, 1.54) is 20.8 Å². The highest BCUT2D eigenvalue weighted by molar-refractivity contribution is 7.93. The Morgan fingerprint density at radius 1 is 1.22 bits per heavy atom. The van der Waals surface area contributed by atoms with E-state index in [4.69, 9.17) is 5.11 Å². The molecule has 0 bridgehead atoms. The number of carbonyl (C=O) groups excluding carboxylic acids is 1. The summed E-state index contributed by atoms with van der Waals surface area (Å²) in [6, 6.07) is 6.32. The fourth-order valence-electron chi connectivity index (χ4n) is 2.02. The highest BCUT2D eigenvalue weighted by atomic mass is 32.2. The van der Waals surface area contributed by atoms with Crippen LogP contribution in [0.2, 0.25) is 0 Å². The summed E-state index contributed by atoms with van der Waals surface area (Å²) in [6.45, 7) is 6.37. The number of hydrogen-bond acceptors (Lipinski definition) is 4. The van der Waals surface area contributed by atoms with Crippen molar-refractivity contribution in [1.82, 2.24) is 5.32 Å². The molecule has 0 fully saturated rings. The molecule has 128 valence electrons.